The van der Waals surface area contributed by atoms with E-state index in [-0.39, 0.29) is 28.8 Å². The summed E-state index contributed by atoms with van der Waals surface area (Å²) in [6.07, 6.45) is 3.55. The molecule has 1 aromatic heterocycles. The first-order valence-corrected chi connectivity index (χ1v) is 7.13. The number of aryl methyl sites for hydroxylation is 1. The van der Waals surface area contributed by atoms with Gasteiger partial charge in [0.25, 0.3) is 0 Å². The van der Waals surface area contributed by atoms with Gasteiger partial charge in [0, 0.05) is 6.04 Å². The lowest BCUT2D eigenvalue weighted by Gasteiger charge is -2.22. The molecule has 20 heavy (non-hydrogen) atoms. The first-order valence-electron chi connectivity index (χ1n) is 7.13. The van der Waals surface area contributed by atoms with Crippen LogP contribution in [0.3, 0.4) is 0 Å². The number of hydrogen-bond donors (Lipinski definition) is 1. The molecule has 3 heterocycles. The molecular weight excluding hydrogens is 260 g/mol. The molecule has 0 aromatic carbocycles. The van der Waals surface area contributed by atoms with Gasteiger partial charge in [0.2, 0.25) is 5.82 Å². The van der Waals surface area contributed by atoms with E-state index in [4.69, 9.17) is 4.74 Å². The van der Waals surface area contributed by atoms with Crippen LogP contribution >= 0.6 is 0 Å². The first-order chi connectivity index (χ1) is 9.47. The van der Waals surface area contributed by atoms with Crippen molar-refractivity contribution in [1.82, 2.24) is 9.78 Å². The van der Waals surface area contributed by atoms with Gasteiger partial charge in [0.1, 0.15) is 5.69 Å². The molecule has 3 atom stereocenters. The highest BCUT2D eigenvalue weighted by Crippen LogP contribution is 2.38. The zero-order chi connectivity index (χ0) is 14.4. The Morgan fingerprint density at radius 2 is 2.25 bits per heavy atom. The number of anilines is 1. The van der Waals surface area contributed by atoms with Crippen molar-refractivity contribution < 1.29 is 9.66 Å². The maximum Gasteiger partial charge on any atom is 0.333 e. The van der Waals surface area contributed by atoms with E-state index in [0.717, 1.165) is 19.3 Å². The number of nitro groups is 1. The average molecular weight is 280 g/mol. The first kappa shape index (κ1) is 13.4. The number of hydrogen-bond acceptors (Lipinski definition) is 5. The number of fused-ring (bicyclic) bond motifs is 2. The lowest BCUT2D eigenvalue weighted by atomic mass is 9.95. The fraction of sp³-hybridized carbons (Fsp3) is 0.769. The summed E-state index contributed by atoms with van der Waals surface area (Å²) in [5.74, 6) is 0.517. The second-order valence-corrected chi connectivity index (χ2v) is 5.94. The molecule has 3 rings (SSSR count). The number of nitrogens with zero attached hydrogens (tertiary/aromatic N) is 3. The van der Waals surface area contributed by atoms with Gasteiger partial charge in [-0.1, -0.05) is 0 Å². The van der Waals surface area contributed by atoms with E-state index in [0.29, 0.717) is 17.6 Å². The van der Waals surface area contributed by atoms with Crippen LogP contribution in [0.15, 0.2) is 0 Å². The van der Waals surface area contributed by atoms with Crippen LogP contribution in [0.4, 0.5) is 11.5 Å². The number of ether oxygens (including phenoxy) is 1. The Labute approximate surface area is 117 Å². The highest BCUT2D eigenvalue weighted by atomic mass is 16.6. The maximum atomic E-state index is 11.3. The Hall–Kier alpha value is -1.63. The van der Waals surface area contributed by atoms with E-state index in [2.05, 4.69) is 10.4 Å². The smallest absolute Gasteiger partial charge is 0.333 e. The van der Waals surface area contributed by atoms with Gasteiger partial charge in [-0.05, 0) is 40.0 Å². The third-order valence-corrected chi connectivity index (χ3v) is 4.15. The summed E-state index contributed by atoms with van der Waals surface area (Å²) in [4.78, 5) is 10.9. The van der Waals surface area contributed by atoms with Gasteiger partial charge in [0.15, 0.2) is 0 Å². The van der Waals surface area contributed by atoms with Crippen LogP contribution in [0.2, 0.25) is 0 Å². The van der Waals surface area contributed by atoms with Gasteiger partial charge >= 0.3 is 5.69 Å². The van der Waals surface area contributed by atoms with Crippen LogP contribution in [-0.2, 0) is 4.74 Å². The Bertz CT molecular complexity index is 540. The molecule has 1 N–H and O–H groups in total. The van der Waals surface area contributed by atoms with Crippen LogP contribution in [0.25, 0.3) is 0 Å². The summed E-state index contributed by atoms with van der Waals surface area (Å²) < 4.78 is 7.51. The van der Waals surface area contributed by atoms with Gasteiger partial charge in [-0.15, -0.1) is 0 Å². The Kier molecular flexibility index (Phi) is 3.16. The van der Waals surface area contributed by atoms with Crippen molar-refractivity contribution in [1.29, 1.82) is 0 Å². The van der Waals surface area contributed by atoms with Crippen molar-refractivity contribution in [3.63, 3.8) is 0 Å². The van der Waals surface area contributed by atoms with Crippen LogP contribution in [0.5, 0.6) is 0 Å². The largest absolute Gasteiger partial charge is 0.373 e. The fourth-order valence-corrected chi connectivity index (χ4v) is 3.23. The van der Waals surface area contributed by atoms with Gasteiger partial charge < -0.3 is 10.1 Å². The van der Waals surface area contributed by atoms with Gasteiger partial charge in [-0.2, -0.15) is 5.10 Å². The second kappa shape index (κ2) is 4.73. The molecule has 0 amide bonds. The van der Waals surface area contributed by atoms with Crippen LogP contribution < -0.4 is 5.32 Å². The van der Waals surface area contributed by atoms with E-state index in [1.807, 2.05) is 13.8 Å². The summed E-state index contributed by atoms with van der Waals surface area (Å²) in [5, 5.41) is 18.9. The van der Waals surface area contributed by atoms with Crippen molar-refractivity contribution in [3.8, 4) is 0 Å². The lowest BCUT2D eigenvalue weighted by Crippen LogP contribution is -2.32. The zero-order valence-electron chi connectivity index (χ0n) is 12.0. The Morgan fingerprint density at radius 1 is 1.50 bits per heavy atom. The molecule has 0 spiro atoms. The van der Waals surface area contributed by atoms with E-state index >= 15 is 0 Å². The van der Waals surface area contributed by atoms with Crippen LogP contribution in [0.1, 0.15) is 44.8 Å². The molecular formula is C13H20N4O3. The third kappa shape index (κ3) is 2.06. The molecule has 7 nitrogen and oxygen atoms in total. The van der Waals surface area contributed by atoms with Crippen molar-refractivity contribution in [2.75, 3.05) is 5.32 Å². The molecule has 2 aliphatic heterocycles. The molecule has 7 heteroatoms. The normalized spacial score (nSPS) is 28.3. The van der Waals surface area contributed by atoms with Crippen molar-refractivity contribution in [2.24, 2.45) is 0 Å². The molecule has 2 aliphatic rings. The monoisotopic (exact) mass is 280 g/mol. The summed E-state index contributed by atoms with van der Waals surface area (Å²) in [7, 11) is 0. The molecule has 3 unspecified atom stereocenters. The minimum absolute atomic E-state index is 0.0735. The molecule has 1 aromatic rings. The van der Waals surface area contributed by atoms with Crippen molar-refractivity contribution in [2.45, 2.75) is 64.3 Å². The predicted octanol–water partition coefficient (Wildman–Crippen LogP) is 2.41. The molecule has 0 radical (unpaired) electrons. The molecule has 0 saturated carbocycles. The summed E-state index contributed by atoms with van der Waals surface area (Å²) in [5.41, 5.74) is 0.539. The topological polar surface area (TPSA) is 82.2 Å². The predicted molar refractivity (Wildman–Crippen MR) is 73.9 cm³/mol. The Morgan fingerprint density at radius 3 is 2.75 bits per heavy atom. The average Bonchev–Trinajstić information content (AvgIpc) is 3.03. The van der Waals surface area contributed by atoms with Crippen LogP contribution in [0, 0.1) is 17.0 Å². The van der Waals surface area contributed by atoms with Gasteiger partial charge in [-0.25, -0.2) is 4.68 Å². The SMILES string of the molecule is Cc1nn(C(C)C)c(NC2CC3CCC2O3)c1[N+](=O)[O-]. The quantitative estimate of drug-likeness (QED) is 0.676. The minimum atomic E-state index is -0.350. The van der Waals surface area contributed by atoms with E-state index in [9.17, 15) is 10.1 Å². The standard InChI is InChI=1S/C13H20N4O3/c1-7(2)16-13(12(17(18)19)8(3)15-16)14-10-6-9-4-5-11(10)20-9/h7,9-11,14H,4-6H2,1-3H3. The number of rotatable bonds is 4. The molecule has 110 valence electrons. The van der Waals surface area contributed by atoms with Gasteiger partial charge in [0.05, 0.1) is 23.2 Å². The van der Waals surface area contributed by atoms with E-state index < -0.39 is 0 Å². The molecule has 2 fully saturated rings. The molecule has 2 saturated heterocycles. The second-order valence-electron chi connectivity index (χ2n) is 5.94. The van der Waals surface area contributed by atoms with Crippen molar-refractivity contribution >= 4 is 11.5 Å². The third-order valence-electron chi connectivity index (χ3n) is 4.15. The molecule has 2 bridgehead atoms. The summed E-state index contributed by atoms with van der Waals surface area (Å²) in [6.45, 7) is 5.62. The number of aromatic nitrogens is 2. The van der Waals surface area contributed by atoms with Gasteiger partial charge in [-0.3, -0.25) is 10.1 Å². The fourth-order valence-electron chi connectivity index (χ4n) is 3.23. The maximum absolute atomic E-state index is 11.3. The highest BCUT2D eigenvalue weighted by molar-refractivity contribution is 5.60. The number of nitrogens with one attached hydrogen (secondary N) is 1. The highest BCUT2D eigenvalue weighted by Gasteiger charge is 2.42. The lowest BCUT2D eigenvalue weighted by molar-refractivity contribution is -0.384. The van der Waals surface area contributed by atoms with E-state index in [1.165, 1.54) is 0 Å². The van der Waals surface area contributed by atoms with Crippen molar-refractivity contribution in [3.05, 3.63) is 15.8 Å². The minimum Gasteiger partial charge on any atom is -0.373 e. The summed E-state index contributed by atoms with van der Waals surface area (Å²) in [6, 6.07) is 0.227. The zero-order valence-corrected chi connectivity index (χ0v) is 12.0. The molecule has 0 aliphatic carbocycles. The van der Waals surface area contributed by atoms with E-state index in [1.54, 1.807) is 11.6 Å². The Balaban J connectivity index is 1.92. The summed E-state index contributed by atoms with van der Waals surface area (Å²) >= 11 is 0. The van der Waals surface area contributed by atoms with Crippen LogP contribution in [-0.4, -0.2) is 33.0 Å².